The highest BCUT2D eigenvalue weighted by atomic mass is 16.5. The topological polar surface area (TPSA) is 9.23 Å². The molecule has 0 aromatic heterocycles. The molecule has 0 radical (unpaired) electrons. The molecule has 1 aromatic rings. The van der Waals surface area contributed by atoms with Gasteiger partial charge in [0.2, 0.25) is 0 Å². The van der Waals surface area contributed by atoms with Gasteiger partial charge in [0, 0.05) is 1.37 Å². The van der Waals surface area contributed by atoms with E-state index in [0.29, 0.717) is 0 Å². The number of para-hydroxylation sites is 1. The van der Waals surface area contributed by atoms with Crippen molar-refractivity contribution in [1.29, 1.82) is 0 Å². The van der Waals surface area contributed by atoms with E-state index in [-0.39, 0.29) is 12.5 Å². The van der Waals surface area contributed by atoms with Gasteiger partial charge in [-0.2, -0.15) is 0 Å². The number of benzene rings is 1. The van der Waals surface area contributed by atoms with E-state index in [1.807, 2.05) is 37.3 Å². The first kappa shape index (κ1) is 9.57. The van der Waals surface area contributed by atoms with Crippen molar-refractivity contribution < 1.29 is 6.11 Å². The average Bonchev–Trinajstić information content (AvgIpc) is 2.25. The monoisotopic (exact) mass is 193 g/mol. The average molecular weight is 193 g/mol. The normalized spacial score (nSPS) is 15.7. The van der Waals surface area contributed by atoms with Crippen molar-refractivity contribution in [3.05, 3.63) is 30.3 Å². The first-order valence-electron chi connectivity index (χ1n) is 5.95. The number of rotatable bonds is 6. The number of ether oxygens (including phenoxy) is 1. The number of hydrogen-bond donors (Lipinski definition) is 0. The Kier molecular flexibility index (Phi) is 4.42. The zero-order chi connectivity index (χ0) is 11.1. The van der Waals surface area contributed by atoms with Gasteiger partial charge in [-0.1, -0.05) is 44.9 Å². The molecular formula is C13H20O. The van der Waals surface area contributed by atoms with Crippen LogP contribution in [0.4, 0.5) is 0 Å². The van der Waals surface area contributed by atoms with Gasteiger partial charge in [0.15, 0.2) is 0 Å². The van der Waals surface area contributed by atoms with Crippen LogP contribution in [0.3, 0.4) is 0 Å². The second kappa shape index (κ2) is 6.47. The fourth-order valence-corrected chi connectivity index (χ4v) is 1.37. The van der Waals surface area contributed by atoms with E-state index in [4.69, 9.17) is 6.11 Å². The predicted octanol–water partition coefficient (Wildman–Crippen LogP) is 4.03. The predicted molar refractivity (Wildman–Crippen MR) is 60.7 cm³/mol. The van der Waals surface area contributed by atoms with Crippen molar-refractivity contribution in [2.45, 2.75) is 45.6 Å². The van der Waals surface area contributed by atoms with Gasteiger partial charge in [-0.05, 0) is 25.0 Å². The molecule has 78 valence electrons. The van der Waals surface area contributed by atoms with Crippen molar-refractivity contribution in [2.24, 2.45) is 0 Å². The Labute approximate surface area is 88.5 Å². The largest absolute Gasteiger partial charge is 0.490 e. The lowest BCUT2D eigenvalue weighted by atomic mass is 10.1. The van der Waals surface area contributed by atoms with Gasteiger partial charge >= 0.3 is 0 Å². The van der Waals surface area contributed by atoms with Crippen molar-refractivity contribution in [3.63, 3.8) is 0 Å². The molecule has 0 saturated heterocycles. The summed E-state index contributed by atoms with van der Waals surface area (Å²) >= 11 is 0. The second-order valence-corrected chi connectivity index (χ2v) is 3.44. The summed E-state index contributed by atoms with van der Waals surface area (Å²) in [4.78, 5) is 0. The van der Waals surface area contributed by atoms with E-state index in [2.05, 4.69) is 6.92 Å². The quantitative estimate of drug-likeness (QED) is 0.662. The van der Waals surface area contributed by atoms with E-state index in [1.165, 1.54) is 0 Å². The van der Waals surface area contributed by atoms with Gasteiger partial charge in [0.1, 0.15) is 5.75 Å². The summed E-state index contributed by atoms with van der Waals surface area (Å²) in [7, 11) is 0. The molecule has 1 nitrogen and oxygen atoms in total. The third-order valence-corrected chi connectivity index (χ3v) is 2.24. The summed E-state index contributed by atoms with van der Waals surface area (Å²) in [6.07, 6.45) is 3.10. The van der Waals surface area contributed by atoms with Crippen molar-refractivity contribution in [3.8, 4) is 5.75 Å². The van der Waals surface area contributed by atoms with Crippen LogP contribution in [0.1, 0.15) is 40.9 Å². The molecule has 0 bridgehead atoms. The Morgan fingerprint density at radius 2 is 2.00 bits per heavy atom. The van der Waals surface area contributed by atoms with E-state index in [0.717, 1.165) is 25.0 Å². The highest BCUT2D eigenvalue weighted by molar-refractivity contribution is 5.21. The van der Waals surface area contributed by atoms with Gasteiger partial charge in [-0.3, -0.25) is 0 Å². The third kappa shape index (κ3) is 3.82. The molecule has 1 aromatic carbocycles. The lowest BCUT2D eigenvalue weighted by Gasteiger charge is -2.16. The van der Waals surface area contributed by atoms with Gasteiger partial charge in [-0.25, -0.2) is 0 Å². The minimum atomic E-state index is -0.170. The van der Waals surface area contributed by atoms with E-state index >= 15 is 0 Å². The van der Waals surface area contributed by atoms with Gasteiger partial charge in [0.25, 0.3) is 0 Å². The van der Waals surface area contributed by atoms with Gasteiger partial charge in [0.05, 0.1) is 6.10 Å². The van der Waals surface area contributed by atoms with Gasteiger partial charge in [-0.15, -0.1) is 0 Å². The molecule has 1 rings (SSSR count). The summed E-state index contributed by atoms with van der Waals surface area (Å²) in [5.41, 5.74) is 0. The minimum absolute atomic E-state index is 0.0207. The summed E-state index contributed by atoms with van der Waals surface area (Å²) in [6.45, 7) is 4.05. The molecule has 0 fully saturated rings. The van der Waals surface area contributed by atoms with Gasteiger partial charge < -0.3 is 4.74 Å². The smallest absolute Gasteiger partial charge is 0.119 e. The summed E-state index contributed by atoms with van der Waals surface area (Å²) in [6, 6.07) is 9.78. The van der Waals surface area contributed by atoms with Crippen LogP contribution in [0.2, 0.25) is 0 Å². The first-order valence-corrected chi connectivity index (χ1v) is 5.38. The molecule has 0 saturated carbocycles. The second-order valence-electron chi connectivity index (χ2n) is 3.44. The maximum atomic E-state index is 7.74. The Hall–Kier alpha value is -0.980. The van der Waals surface area contributed by atoms with Crippen LogP contribution >= 0.6 is 0 Å². The molecular weight excluding hydrogens is 172 g/mol. The zero-order valence-corrected chi connectivity index (χ0v) is 9.07. The van der Waals surface area contributed by atoms with Crippen LogP contribution in [0.25, 0.3) is 0 Å². The third-order valence-electron chi connectivity index (χ3n) is 2.24. The molecule has 0 N–H and O–H groups in total. The molecule has 14 heavy (non-hydrogen) atoms. The summed E-state index contributed by atoms with van der Waals surface area (Å²) < 4.78 is 13.5. The molecule has 0 aliphatic heterocycles. The van der Waals surface area contributed by atoms with Crippen LogP contribution in [0.15, 0.2) is 30.3 Å². The first-order chi connectivity index (χ1) is 7.24. The molecule has 0 spiro atoms. The molecule has 0 amide bonds. The number of hydrogen-bond acceptors (Lipinski definition) is 1. The maximum absolute atomic E-state index is 7.74. The van der Waals surface area contributed by atoms with Crippen LogP contribution in [0.5, 0.6) is 5.75 Å². The minimum Gasteiger partial charge on any atom is -0.490 e. The molecule has 1 heteroatoms. The van der Waals surface area contributed by atoms with Crippen LogP contribution < -0.4 is 4.74 Å². The molecule has 2 atom stereocenters. The van der Waals surface area contributed by atoms with E-state index in [1.54, 1.807) is 0 Å². The highest BCUT2D eigenvalue weighted by Gasteiger charge is 2.06. The molecule has 0 heterocycles. The number of unbranched alkanes of at least 4 members (excludes halogenated alkanes) is 1. The van der Waals surface area contributed by atoms with Crippen LogP contribution in [0, 0.1) is 0 Å². The van der Waals surface area contributed by atoms with Crippen molar-refractivity contribution in [2.75, 3.05) is 0 Å². The molecule has 0 aliphatic rings. The maximum Gasteiger partial charge on any atom is 0.119 e. The zero-order valence-electron chi connectivity index (χ0n) is 10.1. The highest BCUT2D eigenvalue weighted by Crippen LogP contribution is 2.15. The van der Waals surface area contributed by atoms with Crippen molar-refractivity contribution in [1.82, 2.24) is 0 Å². The Balaban J connectivity index is 2.51. The molecule has 0 aliphatic carbocycles. The lowest BCUT2D eigenvalue weighted by Crippen LogP contribution is -2.14. The Bertz CT molecular complexity index is 258. The van der Waals surface area contributed by atoms with Crippen LogP contribution in [-0.4, -0.2) is 6.10 Å². The fraction of sp³-hybridized carbons (Fsp3) is 0.538. The lowest BCUT2D eigenvalue weighted by molar-refractivity contribution is 0.183. The van der Waals surface area contributed by atoms with Crippen molar-refractivity contribution >= 4 is 0 Å². The Morgan fingerprint density at radius 1 is 1.29 bits per heavy atom. The Morgan fingerprint density at radius 3 is 2.57 bits per heavy atom. The SMILES string of the molecule is [2H][C@@H](C)[C@H](CCCC)Oc1ccccc1. The standard InChI is InChI=1S/C13H20O/c1-3-5-9-12(4-2)14-13-10-7-6-8-11-13/h6-8,10-12H,3-5,9H2,1-2H3/t12-/m1/s1/i4D/t4-,12+/m0. The van der Waals surface area contributed by atoms with E-state index < -0.39 is 0 Å². The summed E-state index contributed by atoms with van der Waals surface area (Å²) in [5.74, 6) is 0.873. The van der Waals surface area contributed by atoms with E-state index in [9.17, 15) is 0 Å². The summed E-state index contributed by atoms with van der Waals surface area (Å²) in [5, 5.41) is 0. The van der Waals surface area contributed by atoms with Crippen LogP contribution in [-0.2, 0) is 0 Å². The fourth-order valence-electron chi connectivity index (χ4n) is 1.37. The molecule has 0 unspecified atom stereocenters.